The van der Waals surface area contributed by atoms with Crippen LogP contribution in [0.2, 0.25) is 0 Å². The maximum Gasteiger partial charge on any atom is 0.358 e. The van der Waals surface area contributed by atoms with Crippen LogP contribution in [0, 0.1) is 6.92 Å². The lowest BCUT2D eigenvalue weighted by Gasteiger charge is -2.08. The quantitative estimate of drug-likeness (QED) is 0.843. The summed E-state index contributed by atoms with van der Waals surface area (Å²) in [6.45, 7) is 4.36. The van der Waals surface area contributed by atoms with Crippen molar-refractivity contribution in [1.82, 2.24) is 19.6 Å². The molecular weight excluding hydrogens is 286 g/mol. The number of esters is 1. The third kappa shape index (κ3) is 2.85. The molecule has 0 aliphatic rings. The Morgan fingerprint density at radius 1 is 1.41 bits per heavy atom. The molecule has 2 aromatic rings. The van der Waals surface area contributed by atoms with E-state index in [-0.39, 0.29) is 11.6 Å². The molecule has 0 bridgehead atoms. The highest BCUT2D eigenvalue weighted by Gasteiger charge is 2.23. The molecule has 0 radical (unpaired) electrons. The zero-order valence-electron chi connectivity index (χ0n) is 13.1. The summed E-state index contributed by atoms with van der Waals surface area (Å²) in [5.41, 5.74) is 1.53. The summed E-state index contributed by atoms with van der Waals surface area (Å²) in [5.74, 6) is -0.896. The monoisotopic (exact) mass is 305 g/mol. The molecule has 8 heteroatoms. The van der Waals surface area contributed by atoms with E-state index < -0.39 is 5.97 Å². The van der Waals surface area contributed by atoms with Gasteiger partial charge in [0.1, 0.15) is 5.69 Å². The van der Waals surface area contributed by atoms with Crippen LogP contribution in [0.5, 0.6) is 0 Å². The fourth-order valence-corrected chi connectivity index (χ4v) is 2.23. The van der Waals surface area contributed by atoms with E-state index in [1.807, 2.05) is 6.92 Å². The first-order chi connectivity index (χ1) is 10.5. The van der Waals surface area contributed by atoms with Gasteiger partial charge in [-0.3, -0.25) is 14.2 Å². The Morgan fingerprint density at radius 3 is 2.77 bits per heavy atom. The van der Waals surface area contributed by atoms with Gasteiger partial charge in [-0.15, -0.1) is 0 Å². The van der Waals surface area contributed by atoms with E-state index in [2.05, 4.69) is 15.5 Å². The Kier molecular flexibility index (Phi) is 4.59. The van der Waals surface area contributed by atoms with Gasteiger partial charge in [-0.25, -0.2) is 4.79 Å². The number of carbonyl (C=O) groups is 2. The number of hydrogen-bond acceptors (Lipinski definition) is 5. The van der Waals surface area contributed by atoms with Gasteiger partial charge in [0.05, 0.1) is 18.5 Å². The highest BCUT2D eigenvalue weighted by atomic mass is 16.5. The number of aromatic nitrogens is 4. The van der Waals surface area contributed by atoms with Crippen molar-refractivity contribution in [2.75, 3.05) is 12.4 Å². The third-order valence-corrected chi connectivity index (χ3v) is 3.22. The number of nitrogens with one attached hydrogen (secondary N) is 1. The molecule has 1 amide bonds. The average Bonchev–Trinajstić information content (AvgIpc) is 3.04. The smallest absolute Gasteiger partial charge is 0.358 e. The number of aryl methyl sites for hydroxylation is 3. The van der Waals surface area contributed by atoms with Crippen molar-refractivity contribution in [3.05, 3.63) is 29.3 Å². The Bertz CT molecular complexity index is 701. The number of amides is 1. The van der Waals surface area contributed by atoms with Crippen molar-refractivity contribution in [2.24, 2.45) is 7.05 Å². The fourth-order valence-electron chi connectivity index (χ4n) is 2.23. The molecule has 2 heterocycles. The normalized spacial score (nSPS) is 10.5. The van der Waals surface area contributed by atoms with Crippen molar-refractivity contribution in [1.29, 1.82) is 0 Å². The number of methoxy groups -OCH3 is 1. The van der Waals surface area contributed by atoms with Gasteiger partial charge < -0.3 is 10.1 Å². The first-order valence-corrected chi connectivity index (χ1v) is 6.94. The first kappa shape index (κ1) is 15.7. The van der Waals surface area contributed by atoms with Crippen LogP contribution in [0.1, 0.15) is 40.0 Å². The Hall–Kier alpha value is -2.64. The lowest BCUT2D eigenvalue weighted by Crippen LogP contribution is -2.20. The molecule has 1 N–H and O–H groups in total. The summed E-state index contributed by atoms with van der Waals surface area (Å²) in [6, 6.07) is 1.63. The third-order valence-electron chi connectivity index (χ3n) is 3.22. The number of carbonyl (C=O) groups excluding carboxylic acids is 2. The van der Waals surface area contributed by atoms with Gasteiger partial charge in [-0.2, -0.15) is 10.2 Å². The van der Waals surface area contributed by atoms with Crippen LogP contribution >= 0.6 is 0 Å². The maximum atomic E-state index is 12.4. The summed E-state index contributed by atoms with van der Waals surface area (Å²) >= 11 is 0. The predicted octanol–water partition coefficient (Wildman–Crippen LogP) is 1.37. The molecule has 0 unspecified atom stereocenters. The molecule has 22 heavy (non-hydrogen) atoms. The second-order valence-electron chi connectivity index (χ2n) is 4.82. The molecule has 2 rings (SSSR count). The van der Waals surface area contributed by atoms with E-state index >= 15 is 0 Å². The zero-order valence-corrected chi connectivity index (χ0v) is 13.1. The van der Waals surface area contributed by atoms with Crippen molar-refractivity contribution < 1.29 is 14.3 Å². The van der Waals surface area contributed by atoms with Crippen molar-refractivity contribution in [3.63, 3.8) is 0 Å². The summed E-state index contributed by atoms with van der Waals surface area (Å²) in [6.07, 6.45) is 2.43. The van der Waals surface area contributed by atoms with Gasteiger partial charge >= 0.3 is 5.97 Å². The number of hydrogen-bond donors (Lipinski definition) is 1. The molecule has 0 saturated carbocycles. The van der Waals surface area contributed by atoms with Crippen LogP contribution in [0.4, 0.5) is 5.69 Å². The number of ether oxygens (including phenoxy) is 1. The van der Waals surface area contributed by atoms with Crippen LogP contribution < -0.4 is 5.32 Å². The van der Waals surface area contributed by atoms with E-state index in [1.54, 1.807) is 30.9 Å². The van der Waals surface area contributed by atoms with Gasteiger partial charge in [0, 0.05) is 19.8 Å². The number of nitrogens with zero attached hydrogens (tertiary/aromatic N) is 4. The second kappa shape index (κ2) is 6.42. The minimum absolute atomic E-state index is 0.204. The van der Waals surface area contributed by atoms with E-state index in [0.29, 0.717) is 23.6 Å². The molecule has 0 saturated heterocycles. The SMILES string of the molecule is CCCn1nccc1C(=O)Nc1c(C)nn(C)c1C(=O)OC. The van der Waals surface area contributed by atoms with E-state index in [9.17, 15) is 9.59 Å². The summed E-state index contributed by atoms with van der Waals surface area (Å²) < 4.78 is 7.75. The van der Waals surface area contributed by atoms with Crippen LogP contribution in [-0.2, 0) is 18.3 Å². The standard InChI is InChI=1S/C14H19N5O3/c1-5-8-19-10(6-7-15-19)13(20)16-11-9(2)17-18(3)12(11)14(21)22-4/h6-7H,5,8H2,1-4H3,(H,16,20). The molecule has 0 aliphatic carbocycles. The zero-order chi connectivity index (χ0) is 16.3. The molecule has 0 aliphatic heterocycles. The summed E-state index contributed by atoms with van der Waals surface area (Å²) in [5, 5.41) is 11.0. The lowest BCUT2D eigenvalue weighted by molar-refractivity contribution is 0.0589. The molecule has 0 atom stereocenters. The largest absolute Gasteiger partial charge is 0.464 e. The summed E-state index contributed by atoms with van der Waals surface area (Å²) in [4.78, 5) is 24.3. The lowest BCUT2D eigenvalue weighted by atomic mass is 10.2. The van der Waals surface area contributed by atoms with Crippen molar-refractivity contribution in [3.8, 4) is 0 Å². The molecule has 0 spiro atoms. The minimum atomic E-state index is -0.555. The molecule has 8 nitrogen and oxygen atoms in total. The van der Waals surface area contributed by atoms with Crippen LogP contribution in [0.15, 0.2) is 12.3 Å². The van der Waals surface area contributed by atoms with Crippen molar-refractivity contribution in [2.45, 2.75) is 26.8 Å². The summed E-state index contributed by atoms with van der Waals surface area (Å²) in [7, 11) is 2.91. The van der Waals surface area contributed by atoms with Gasteiger partial charge in [-0.05, 0) is 19.4 Å². The van der Waals surface area contributed by atoms with Gasteiger partial charge in [-0.1, -0.05) is 6.92 Å². The van der Waals surface area contributed by atoms with Gasteiger partial charge in [0.2, 0.25) is 0 Å². The molecule has 2 aromatic heterocycles. The predicted molar refractivity (Wildman–Crippen MR) is 79.8 cm³/mol. The second-order valence-corrected chi connectivity index (χ2v) is 4.82. The average molecular weight is 305 g/mol. The minimum Gasteiger partial charge on any atom is -0.464 e. The van der Waals surface area contributed by atoms with Gasteiger partial charge in [0.25, 0.3) is 5.91 Å². The Morgan fingerprint density at radius 2 is 2.14 bits per heavy atom. The molecular formula is C14H19N5O3. The number of anilines is 1. The molecule has 0 fully saturated rings. The Balaban J connectivity index is 2.32. The van der Waals surface area contributed by atoms with Crippen LogP contribution in [0.25, 0.3) is 0 Å². The van der Waals surface area contributed by atoms with E-state index in [4.69, 9.17) is 4.74 Å². The maximum absolute atomic E-state index is 12.4. The molecule has 118 valence electrons. The van der Waals surface area contributed by atoms with E-state index in [0.717, 1.165) is 6.42 Å². The van der Waals surface area contributed by atoms with Crippen molar-refractivity contribution >= 4 is 17.6 Å². The number of rotatable bonds is 5. The highest BCUT2D eigenvalue weighted by Crippen LogP contribution is 2.21. The fraction of sp³-hybridized carbons (Fsp3) is 0.429. The topological polar surface area (TPSA) is 91.0 Å². The van der Waals surface area contributed by atoms with E-state index in [1.165, 1.54) is 11.8 Å². The Labute approximate surface area is 128 Å². The van der Waals surface area contributed by atoms with Gasteiger partial charge in [0.15, 0.2) is 5.69 Å². The highest BCUT2D eigenvalue weighted by molar-refractivity contribution is 6.07. The van der Waals surface area contributed by atoms with Crippen LogP contribution in [-0.4, -0.2) is 38.5 Å². The molecule has 0 aromatic carbocycles. The van der Waals surface area contributed by atoms with Crippen LogP contribution in [0.3, 0.4) is 0 Å². The first-order valence-electron chi connectivity index (χ1n) is 6.94.